The van der Waals surface area contributed by atoms with E-state index in [4.69, 9.17) is 16.3 Å². The molecule has 3 rings (SSSR count). The Hall–Kier alpha value is -2.79. The minimum atomic E-state index is -0.197. The third-order valence-electron chi connectivity index (χ3n) is 5.14. The molecule has 31 heavy (non-hydrogen) atoms. The van der Waals surface area contributed by atoms with Crippen molar-refractivity contribution in [3.05, 3.63) is 76.6 Å². The summed E-state index contributed by atoms with van der Waals surface area (Å²) < 4.78 is 6.04. The van der Waals surface area contributed by atoms with Gasteiger partial charge in [-0.25, -0.2) is 0 Å². The highest BCUT2D eigenvalue weighted by Crippen LogP contribution is 2.33. The third kappa shape index (κ3) is 6.11. The van der Waals surface area contributed by atoms with Crippen molar-refractivity contribution >= 4 is 23.1 Å². The van der Waals surface area contributed by atoms with E-state index in [9.17, 15) is 4.79 Å². The number of Topliss-reactive ketones (excluding diaryl/α,β-unsaturated/α-hetero) is 1. The molecular weight excluding hydrogens is 410 g/mol. The van der Waals surface area contributed by atoms with Crippen LogP contribution >= 0.6 is 11.6 Å². The van der Waals surface area contributed by atoms with E-state index in [2.05, 4.69) is 22.4 Å². The van der Waals surface area contributed by atoms with Crippen LogP contribution in [0.25, 0.3) is 0 Å². The first-order chi connectivity index (χ1) is 15.1. The minimum Gasteiger partial charge on any atom is -0.493 e. The summed E-state index contributed by atoms with van der Waals surface area (Å²) >= 11 is 6.49. The molecule has 2 aromatic carbocycles. The van der Waals surface area contributed by atoms with Gasteiger partial charge in [0.2, 0.25) is 0 Å². The first kappa shape index (κ1) is 22.9. The van der Waals surface area contributed by atoms with Crippen molar-refractivity contribution in [2.75, 3.05) is 11.9 Å². The van der Waals surface area contributed by atoms with Crippen LogP contribution < -0.4 is 10.1 Å². The van der Waals surface area contributed by atoms with E-state index in [0.29, 0.717) is 29.4 Å². The maximum absolute atomic E-state index is 12.6. The molecule has 0 saturated carbocycles. The standard InChI is InChI=1S/C25H30ClN3O2/c1-3-5-8-14-31-24-15-19(12-13-21(24)23(30)9-4-2)29-25(18-16-27-28-17-18)20-10-6-7-11-22(20)26/h6-7,10-13,15-17,25,29H,3-5,8-9,14H2,1-2H3,(H,27,28). The lowest BCUT2D eigenvalue weighted by molar-refractivity contribution is 0.0977. The molecule has 0 aliphatic carbocycles. The maximum Gasteiger partial charge on any atom is 0.166 e. The number of carbonyl (C=O) groups excluding carboxylic acids is 1. The van der Waals surface area contributed by atoms with Gasteiger partial charge < -0.3 is 10.1 Å². The van der Waals surface area contributed by atoms with Crippen LogP contribution in [0.3, 0.4) is 0 Å². The zero-order valence-electron chi connectivity index (χ0n) is 18.2. The second-order valence-corrected chi connectivity index (χ2v) is 7.98. The highest BCUT2D eigenvalue weighted by atomic mass is 35.5. The fourth-order valence-electron chi connectivity index (χ4n) is 3.49. The van der Waals surface area contributed by atoms with Crippen molar-refractivity contribution in [2.45, 2.75) is 52.0 Å². The Balaban J connectivity index is 1.90. The lowest BCUT2D eigenvalue weighted by Gasteiger charge is -2.21. The largest absolute Gasteiger partial charge is 0.493 e. The van der Waals surface area contributed by atoms with Gasteiger partial charge in [0.1, 0.15) is 5.75 Å². The molecule has 0 aliphatic heterocycles. The number of hydrogen-bond donors (Lipinski definition) is 2. The number of ketones is 1. The number of ether oxygens (including phenoxy) is 1. The van der Waals surface area contributed by atoms with Crippen molar-refractivity contribution in [3.63, 3.8) is 0 Å². The normalized spacial score (nSPS) is 11.8. The molecule has 2 N–H and O–H groups in total. The fourth-order valence-corrected chi connectivity index (χ4v) is 3.74. The molecule has 0 saturated heterocycles. The number of hydrogen-bond acceptors (Lipinski definition) is 4. The SMILES string of the molecule is CCCCCOc1cc(NC(c2cn[nH]c2)c2ccccc2Cl)ccc1C(=O)CCC. The Morgan fingerprint density at radius 1 is 1.16 bits per heavy atom. The predicted molar refractivity (Wildman–Crippen MR) is 126 cm³/mol. The molecule has 3 aromatic rings. The third-order valence-corrected chi connectivity index (χ3v) is 5.49. The summed E-state index contributed by atoms with van der Waals surface area (Å²) in [5, 5.41) is 11.2. The highest BCUT2D eigenvalue weighted by molar-refractivity contribution is 6.31. The van der Waals surface area contributed by atoms with Gasteiger partial charge in [-0.2, -0.15) is 5.10 Å². The number of anilines is 1. The monoisotopic (exact) mass is 439 g/mol. The Kier molecular flexibility index (Phi) is 8.53. The van der Waals surface area contributed by atoms with Crippen LogP contribution in [0.4, 0.5) is 5.69 Å². The van der Waals surface area contributed by atoms with Crippen molar-refractivity contribution in [3.8, 4) is 5.75 Å². The quantitative estimate of drug-likeness (QED) is 0.240. The molecular formula is C25H30ClN3O2. The van der Waals surface area contributed by atoms with Crippen molar-refractivity contribution in [1.82, 2.24) is 10.2 Å². The number of rotatable bonds is 12. The van der Waals surface area contributed by atoms with Gasteiger partial charge in [0.25, 0.3) is 0 Å². The van der Waals surface area contributed by atoms with Gasteiger partial charge in [-0.05, 0) is 36.6 Å². The molecule has 0 fully saturated rings. The first-order valence-corrected chi connectivity index (χ1v) is 11.3. The minimum absolute atomic E-state index is 0.108. The predicted octanol–water partition coefficient (Wildman–Crippen LogP) is 6.82. The Bertz CT molecular complexity index is 973. The fraction of sp³-hybridized carbons (Fsp3) is 0.360. The molecule has 6 heteroatoms. The number of aromatic amines is 1. The van der Waals surface area contributed by atoms with E-state index >= 15 is 0 Å². The van der Waals surface area contributed by atoms with Gasteiger partial charge in [-0.15, -0.1) is 0 Å². The maximum atomic E-state index is 12.6. The van der Waals surface area contributed by atoms with Crippen LogP contribution in [-0.2, 0) is 0 Å². The van der Waals surface area contributed by atoms with Crippen LogP contribution in [0.15, 0.2) is 54.9 Å². The highest BCUT2D eigenvalue weighted by Gasteiger charge is 2.19. The van der Waals surface area contributed by atoms with Crippen LogP contribution in [0.5, 0.6) is 5.75 Å². The lowest BCUT2D eigenvalue weighted by Crippen LogP contribution is -2.13. The number of H-pyrrole nitrogens is 1. The molecule has 5 nitrogen and oxygen atoms in total. The molecule has 1 unspecified atom stereocenters. The summed E-state index contributed by atoms with van der Waals surface area (Å²) in [5.74, 6) is 0.738. The van der Waals surface area contributed by atoms with Gasteiger partial charge >= 0.3 is 0 Å². The number of benzene rings is 2. The Labute approximate surface area is 189 Å². The number of unbranched alkanes of at least 4 members (excludes halogenated alkanes) is 2. The Morgan fingerprint density at radius 3 is 2.71 bits per heavy atom. The smallest absolute Gasteiger partial charge is 0.166 e. The zero-order valence-corrected chi connectivity index (χ0v) is 18.9. The number of halogens is 1. The molecule has 0 aliphatic rings. The van der Waals surface area contributed by atoms with Crippen LogP contribution in [0.1, 0.15) is 73.5 Å². The molecule has 1 heterocycles. The van der Waals surface area contributed by atoms with E-state index in [1.807, 2.05) is 55.6 Å². The van der Waals surface area contributed by atoms with Gasteiger partial charge in [0.15, 0.2) is 5.78 Å². The summed E-state index contributed by atoms with van der Waals surface area (Å²) in [5.41, 5.74) is 3.40. The molecule has 0 spiro atoms. The second-order valence-electron chi connectivity index (χ2n) is 7.57. The van der Waals surface area contributed by atoms with E-state index in [0.717, 1.165) is 42.5 Å². The average molecular weight is 440 g/mol. The van der Waals surface area contributed by atoms with E-state index < -0.39 is 0 Å². The number of nitrogens with one attached hydrogen (secondary N) is 2. The summed E-state index contributed by atoms with van der Waals surface area (Å²) in [6, 6.07) is 13.2. The topological polar surface area (TPSA) is 67.0 Å². The van der Waals surface area contributed by atoms with Gasteiger partial charge in [-0.1, -0.05) is 56.5 Å². The molecule has 1 atom stereocenters. The Morgan fingerprint density at radius 2 is 2.00 bits per heavy atom. The summed E-state index contributed by atoms with van der Waals surface area (Å²) in [4.78, 5) is 12.6. The van der Waals surface area contributed by atoms with Gasteiger partial charge in [0, 0.05) is 35.0 Å². The first-order valence-electron chi connectivity index (χ1n) is 10.9. The number of nitrogens with zero attached hydrogens (tertiary/aromatic N) is 1. The molecule has 1 aromatic heterocycles. The van der Waals surface area contributed by atoms with Crippen molar-refractivity contribution in [2.24, 2.45) is 0 Å². The van der Waals surface area contributed by atoms with E-state index in [1.165, 1.54) is 0 Å². The van der Waals surface area contributed by atoms with Crippen molar-refractivity contribution < 1.29 is 9.53 Å². The molecule has 0 radical (unpaired) electrons. The van der Waals surface area contributed by atoms with E-state index in [-0.39, 0.29) is 11.8 Å². The summed E-state index contributed by atoms with van der Waals surface area (Å²) in [7, 11) is 0. The van der Waals surface area contributed by atoms with Crippen molar-refractivity contribution in [1.29, 1.82) is 0 Å². The molecule has 164 valence electrons. The van der Waals surface area contributed by atoms with E-state index in [1.54, 1.807) is 6.20 Å². The molecule has 0 bridgehead atoms. The number of aromatic nitrogens is 2. The molecule has 0 amide bonds. The summed E-state index contributed by atoms with van der Waals surface area (Å²) in [6.45, 7) is 4.76. The summed E-state index contributed by atoms with van der Waals surface area (Å²) in [6.07, 6.45) is 8.14. The second kappa shape index (κ2) is 11.6. The van der Waals surface area contributed by atoms with Crippen LogP contribution in [0, 0.1) is 0 Å². The van der Waals surface area contributed by atoms with Gasteiger partial charge in [-0.3, -0.25) is 9.89 Å². The number of carbonyl (C=O) groups is 1. The zero-order chi connectivity index (χ0) is 22.1. The van der Waals surface area contributed by atoms with Crippen LogP contribution in [0.2, 0.25) is 5.02 Å². The lowest BCUT2D eigenvalue weighted by atomic mass is 10.00. The van der Waals surface area contributed by atoms with Gasteiger partial charge in [0.05, 0.1) is 24.4 Å². The average Bonchev–Trinajstić information content (AvgIpc) is 3.31. The van der Waals surface area contributed by atoms with Crippen LogP contribution in [-0.4, -0.2) is 22.6 Å².